The lowest BCUT2D eigenvalue weighted by molar-refractivity contribution is -0.140. The number of hydrogen-bond acceptors (Lipinski definition) is 4. The molecule has 2 aromatic carbocycles. The molecule has 10 heteroatoms. The van der Waals surface area contributed by atoms with Crippen LogP contribution in [0.1, 0.15) is 0 Å². The zero-order valence-corrected chi connectivity index (χ0v) is 17.6. The first-order chi connectivity index (χ1) is 15.8. The Morgan fingerprint density at radius 1 is 0.939 bits per heavy atom. The number of hydrogen-bond donors (Lipinski definition) is 2. The van der Waals surface area contributed by atoms with Gasteiger partial charge in [0.05, 0.1) is 23.4 Å². The van der Waals surface area contributed by atoms with Crippen LogP contribution < -0.4 is 16.0 Å². The third-order valence-corrected chi connectivity index (χ3v) is 5.63. The molecular weight excluding hydrogens is 453 g/mol. The number of benzene rings is 2. The maximum absolute atomic E-state index is 14.9. The quantitative estimate of drug-likeness (QED) is 0.538. The number of anilines is 2. The highest BCUT2D eigenvalue weighted by Crippen LogP contribution is 2.49. The van der Waals surface area contributed by atoms with Crippen LogP contribution in [0, 0.1) is 17.8 Å². The fraction of sp³-hybridized carbons (Fsp3) is 0.130. The Morgan fingerprint density at radius 2 is 1.61 bits per heavy atom. The van der Waals surface area contributed by atoms with Gasteiger partial charge in [-0.25, -0.2) is 0 Å². The van der Waals surface area contributed by atoms with Gasteiger partial charge < -0.3 is 10.4 Å². The first-order valence-corrected chi connectivity index (χ1v) is 10.2. The Balaban J connectivity index is 1.49. The van der Waals surface area contributed by atoms with E-state index in [0.717, 1.165) is 0 Å². The molecule has 1 saturated carbocycles. The molecule has 2 N–H and O–H groups in total. The minimum atomic E-state index is -1.36. The molecule has 0 bridgehead atoms. The zero-order chi connectivity index (χ0) is 23.7. The van der Waals surface area contributed by atoms with E-state index in [1.807, 2.05) is 0 Å². The normalized spacial score (nSPS) is 18.9. The summed E-state index contributed by atoms with van der Waals surface area (Å²) < 4.78 is 16.2. The number of carboxylic acids is 1. The first kappa shape index (κ1) is 22.2. The lowest BCUT2D eigenvalue weighted by Gasteiger charge is -2.13. The standard InChI is InChI=1S/C23H17ClFN3O5/c24-13-4-6-14(7-5-13)26-21(30)18-19(20(18)23(32)33)22(31)28(25)16-10-8-15(9-11-16)27-12-2-1-3-17(27)29/h1-12,18-20H,(H,26,30)(H,32,33)/t18-,19+,20+/m1/s1. The summed E-state index contributed by atoms with van der Waals surface area (Å²) >= 11 is 5.80. The molecule has 8 nitrogen and oxygen atoms in total. The predicted molar refractivity (Wildman–Crippen MR) is 119 cm³/mol. The highest BCUT2D eigenvalue weighted by Gasteiger charge is 2.64. The highest BCUT2D eigenvalue weighted by molar-refractivity contribution is 6.30. The Morgan fingerprint density at radius 3 is 2.21 bits per heavy atom. The third-order valence-electron chi connectivity index (χ3n) is 5.38. The van der Waals surface area contributed by atoms with E-state index >= 15 is 0 Å². The summed E-state index contributed by atoms with van der Waals surface area (Å²) in [5.41, 5.74) is 0.395. The van der Waals surface area contributed by atoms with E-state index in [0.29, 0.717) is 16.4 Å². The molecule has 1 aliphatic carbocycles. The van der Waals surface area contributed by atoms with Crippen LogP contribution in [0.25, 0.3) is 5.69 Å². The summed E-state index contributed by atoms with van der Waals surface area (Å²) in [7, 11) is 0. The lowest BCUT2D eigenvalue weighted by atomic mass is 10.2. The van der Waals surface area contributed by atoms with E-state index in [2.05, 4.69) is 5.32 Å². The first-order valence-electron chi connectivity index (χ1n) is 9.85. The van der Waals surface area contributed by atoms with Gasteiger partial charge in [-0.3, -0.25) is 23.7 Å². The maximum atomic E-state index is 14.9. The Labute approximate surface area is 191 Å². The number of nitrogens with one attached hydrogen (secondary N) is 1. The molecule has 0 unspecified atom stereocenters. The van der Waals surface area contributed by atoms with Gasteiger partial charge in [0.1, 0.15) is 0 Å². The number of rotatable bonds is 6. The maximum Gasteiger partial charge on any atom is 0.308 e. The molecule has 1 aromatic heterocycles. The number of halogens is 2. The molecule has 3 atom stereocenters. The zero-order valence-electron chi connectivity index (χ0n) is 16.9. The van der Waals surface area contributed by atoms with E-state index < -0.39 is 35.5 Å². The molecule has 1 aliphatic rings. The number of carboxylic acid groups (broad SMARTS) is 1. The molecule has 0 radical (unpaired) electrons. The van der Waals surface area contributed by atoms with Crippen LogP contribution in [0.15, 0.2) is 77.7 Å². The summed E-state index contributed by atoms with van der Waals surface area (Å²) in [6.07, 6.45) is 1.54. The average Bonchev–Trinajstić information content (AvgIpc) is 3.56. The second kappa shape index (κ2) is 8.87. The van der Waals surface area contributed by atoms with Crippen LogP contribution in [-0.4, -0.2) is 27.5 Å². The Hall–Kier alpha value is -3.98. The van der Waals surface area contributed by atoms with Crippen LogP contribution in [0.3, 0.4) is 0 Å². The topological polar surface area (TPSA) is 109 Å². The van der Waals surface area contributed by atoms with E-state index in [1.54, 1.807) is 18.3 Å². The highest BCUT2D eigenvalue weighted by atomic mass is 35.5. The van der Waals surface area contributed by atoms with Crippen molar-refractivity contribution in [2.75, 3.05) is 10.4 Å². The van der Waals surface area contributed by atoms with E-state index in [1.165, 1.54) is 59.2 Å². The van der Waals surface area contributed by atoms with Gasteiger partial charge in [0.25, 0.3) is 11.5 Å². The fourth-order valence-corrected chi connectivity index (χ4v) is 3.78. The summed E-state index contributed by atoms with van der Waals surface area (Å²) in [5, 5.41) is 12.2. The minimum Gasteiger partial charge on any atom is -0.481 e. The third kappa shape index (κ3) is 4.49. The van der Waals surface area contributed by atoms with Gasteiger partial charge in [-0.1, -0.05) is 22.1 Å². The molecule has 33 heavy (non-hydrogen) atoms. The summed E-state index contributed by atoms with van der Waals surface area (Å²) in [6.45, 7) is 0. The van der Waals surface area contributed by atoms with Crippen molar-refractivity contribution in [3.05, 3.63) is 88.3 Å². The van der Waals surface area contributed by atoms with Gasteiger partial charge in [0.15, 0.2) is 0 Å². The molecule has 4 rings (SSSR count). The van der Waals surface area contributed by atoms with Gasteiger partial charge in [-0.2, -0.15) is 0 Å². The van der Waals surface area contributed by atoms with Crippen LogP contribution in [-0.2, 0) is 14.4 Å². The summed E-state index contributed by atoms with van der Waals surface area (Å²) in [5.74, 6) is -7.11. The summed E-state index contributed by atoms with van der Waals surface area (Å²) in [6, 6.07) is 16.2. The van der Waals surface area contributed by atoms with Gasteiger partial charge in [0, 0.05) is 28.7 Å². The molecular formula is C23H17ClFN3O5. The molecule has 0 aliphatic heterocycles. The molecule has 3 aromatic rings. The largest absolute Gasteiger partial charge is 0.481 e. The number of aromatic nitrogens is 1. The molecule has 168 valence electrons. The molecule has 1 heterocycles. The van der Waals surface area contributed by atoms with Gasteiger partial charge in [0.2, 0.25) is 5.91 Å². The van der Waals surface area contributed by atoms with Crippen molar-refractivity contribution < 1.29 is 24.0 Å². The second-order valence-corrected chi connectivity index (χ2v) is 7.89. The molecule has 0 spiro atoms. The minimum absolute atomic E-state index is 0.152. The molecule has 0 saturated heterocycles. The molecule has 2 amide bonds. The van der Waals surface area contributed by atoms with Crippen LogP contribution in [0.2, 0.25) is 5.02 Å². The Kier molecular flexibility index (Phi) is 5.97. The predicted octanol–water partition coefficient (Wildman–Crippen LogP) is 3.29. The van der Waals surface area contributed by atoms with E-state index in [-0.39, 0.29) is 16.4 Å². The Bertz CT molecular complexity index is 1280. The van der Waals surface area contributed by atoms with Crippen LogP contribution in [0.4, 0.5) is 15.9 Å². The number of nitrogens with zero attached hydrogens (tertiary/aromatic N) is 2. The van der Waals surface area contributed by atoms with Crippen molar-refractivity contribution in [2.45, 2.75) is 0 Å². The van der Waals surface area contributed by atoms with Gasteiger partial charge >= 0.3 is 5.97 Å². The van der Waals surface area contributed by atoms with Crippen molar-refractivity contribution in [1.29, 1.82) is 0 Å². The average molecular weight is 470 g/mol. The lowest BCUT2D eigenvalue weighted by Crippen LogP contribution is -2.27. The monoisotopic (exact) mass is 469 g/mol. The van der Waals surface area contributed by atoms with E-state index in [9.17, 15) is 28.8 Å². The van der Waals surface area contributed by atoms with Crippen LogP contribution >= 0.6 is 11.6 Å². The van der Waals surface area contributed by atoms with Crippen molar-refractivity contribution in [3.63, 3.8) is 0 Å². The van der Waals surface area contributed by atoms with Crippen molar-refractivity contribution in [3.8, 4) is 5.69 Å². The summed E-state index contributed by atoms with van der Waals surface area (Å²) in [4.78, 5) is 48.7. The van der Waals surface area contributed by atoms with Gasteiger partial charge in [-0.15, -0.1) is 5.12 Å². The number of aliphatic carboxylic acids is 1. The number of pyridine rings is 1. The van der Waals surface area contributed by atoms with Crippen molar-refractivity contribution in [1.82, 2.24) is 4.57 Å². The second-order valence-electron chi connectivity index (χ2n) is 7.46. The smallest absolute Gasteiger partial charge is 0.308 e. The number of carbonyl (C=O) groups excluding carboxylic acids is 2. The number of amides is 2. The van der Waals surface area contributed by atoms with Crippen molar-refractivity contribution >= 4 is 40.8 Å². The fourth-order valence-electron chi connectivity index (χ4n) is 3.65. The van der Waals surface area contributed by atoms with Crippen molar-refractivity contribution in [2.24, 2.45) is 17.8 Å². The van der Waals surface area contributed by atoms with E-state index in [4.69, 9.17) is 11.6 Å². The molecule has 1 fully saturated rings. The SMILES string of the molecule is O=C(O)[C@H]1[C@H](C(=O)Nc2ccc(Cl)cc2)[C@@H]1C(=O)N(F)c1ccc(-n2ccccc2=O)cc1. The van der Waals surface area contributed by atoms with Crippen LogP contribution in [0.5, 0.6) is 0 Å². The van der Waals surface area contributed by atoms with Gasteiger partial charge in [-0.05, 0) is 54.6 Å². The number of carbonyl (C=O) groups is 3.